The molecule has 0 aliphatic rings. The molecule has 1 nitrogen and oxygen atoms in total. The molecule has 0 saturated heterocycles. The van der Waals surface area contributed by atoms with Gasteiger partial charge in [0.25, 0.3) is 0 Å². The topological polar surface area (TPSA) is 26.0 Å². The smallest absolute Gasteiger partial charge is 0.00366 e. The van der Waals surface area contributed by atoms with Gasteiger partial charge >= 0.3 is 0 Å². The molecule has 0 saturated carbocycles. The van der Waals surface area contributed by atoms with E-state index in [1.807, 2.05) is 13.8 Å². The number of rotatable bonds is 2. The van der Waals surface area contributed by atoms with E-state index >= 15 is 0 Å². The van der Waals surface area contributed by atoms with Gasteiger partial charge in [-0.15, -0.1) is 0 Å². The highest BCUT2D eigenvalue weighted by Gasteiger charge is 1.92. The minimum absolute atomic E-state index is 0.741. The summed E-state index contributed by atoms with van der Waals surface area (Å²) in [6.45, 7) is 6.86. The summed E-state index contributed by atoms with van der Waals surface area (Å²) < 4.78 is 0. The van der Waals surface area contributed by atoms with Crippen molar-refractivity contribution in [1.82, 2.24) is 0 Å². The Morgan fingerprint density at radius 1 is 1.17 bits per heavy atom. The van der Waals surface area contributed by atoms with E-state index in [9.17, 15) is 0 Å². The summed E-state index contributed by atoms with van der Waals surface area (Å²) in [5.74, 6) is 0. The van der Waals surface area contributed by atoms with E-state index in [1.54, 1.807) is 0 Å². The minimum Gasteiger partial charge on any atom is -0.330 e. The first-order valence-electron chi connectivity index (χ1n) is 4.59. The average Bonchev–Trinajstić information content (AvgIpc) is 2.13. The van der Waals surface area contributed by atoms with Gasteiger partial charge in [-0.3, -0.25) is 0 Å². The van der Waals surface area contributed by atoms with Gasteiger partial charge < -0.3 is 5.73 Å². The Balaban J connectivity index is 0.000000561. The van der Waals surface area contributed by atoms with E-state index in [2.05, 4.69) is 31.2 Å². The molecule has 0 fully saturated rings. The van der Waals surface area contributed by atoms with Crippen LogP contribution >= 0.6 is 0 Å². The van der Waals surface area contributed by atoms with Crippen LogP contribution < -0.4 is 5.73 Å². The van der Waals surface area contributed by atoms with Gasteiger partial charge in [-0.25, -0.2) is 0 Å². The number of hydrogen-bond donors (Lipinski definition) is 1. The molecule has 68 valence electrons. The maximum Gasteiger partial charge on any atom is -0.00366 e. The van der Waals surface area contributed by atoms with Crippen molar-refractivity contribution in [3.05, 3.63) is 35.4 Å². The molecule has 1 heteroatoms. The van der Waals surface area contributed by atoms with E-state index in [0.29, 0.717) is 0 Å². The van der Waals surface area contributed by atoms with Crippen molar-refractivity contribution in [2.75, 3.05) is 6.54 Å². The number of benzene rings is 1. The third kappa shape index (κ3) is 3.54. The van der Waals surface area contributed by atoms with Crippen molar-refractivity contribution in [3.8, 4) is 0 Å². The minimum atomic E-state index is 0.741. The lowest BCUT2D eigenvalue weighted by Crippen LogP contribution is -2.03. The first kappa shape index (κ1) is 11.2. The highest BCUT2D eigenvalue weighted by atomic mass is 14.5. The Kier molecular flexibility index (Phi) is 6.39. The summed E-state index contributed by atoms with van der Waals surface area (Å²) in [6.07, 6.45) is 0.993. The third-order valence-electron chi connectivity index (χ3n) is 1.67. The molecule has 0 aliphatic heterocycles. The van der Waals surface area contributed by atoms with Crippen LogP contribution in [-0.4, -0.2) is 6.54 Å². The van der Waals surface area contributed by atoms with Gasteiger partial charge in [0.05, 0.1) is 0 Å². The van der Waals surface area contributed by atoms with Crippen LogP contribution in [0.3, 0.4) is 0 Å². The predicted molar refractivity (Wildman–Crippen MR) is 55.3 cm³/mol. The standard InChI is InChI=1S/C9H13N.C2H6/c1-8-4-2-3-5-9(8)6-7-10;1-2/h2-5H,6-7,10H2,1H3;1-2H3. The second kappa shape index (κ2) is 6.86. The zero-order valence-corrected chi connectivity index (χ0v) is 8.30. The van der Waals surface area contributed by atoms with Gasteiger partial charge in [0.15, 0.2) is 0 Å². The lowest BCUT2D eigenvalue weighted by Gasteiger charge is -2.01. The number of nitrogens with two attached hydrogens (primary N) is 1. The van der Waals surface area contributed by atoms with E-state index in [1.165, 1.54) is 11.1 Å². The highest BCUT2D eigenvalue weighted by Crippen LogP contribution is 2.05. The summed E-state index contributed by atoms with van der Waals surface area (Å²) in [7, 11) is 0. The highest BCUT2D eigenvalue weighted by molar-refractivity contribution is 5.25. The Labute approximate surface area is 75.6 Å². The molecular formula is C11H19N. The van der Waals surface area contributed by atoms with Gasteiger partial charge in [-0.2, -0.15) is 0 Å². The lowest BCUT2D eigenvalue weighted by molar-refractivity contribution is 0.958. The van der Waals surface area contributed by atoms with E-state index in [4.69, 9.17) is 5.73 Å². The Hall–Kier alpha value is -0.820. The molecule has 12 heavy (non-hydrogen) atoms. The molecule has 0 heterocycles. The fourth-order valence-electron chi connectivity index (χ4n) is 1.05. The third-order valence-corrected chi connectivity index (χ3v) is 1.67. The van der Waals surface area contributed by atoms with Gasteiger partial charge in [0.2, 0.25) is 0 Å². The van der Waals surface area contributed by atoms with E-state index in [0.717, 1.165) is 13.0 Å². The van der Waals surface area contributed by atoms with Crippen LogP contribution in [0.15, 0.2) is 24.3 Å². The van der Waals surface area contributed by atoms with Crippen molar-refractivity contribution in [1.29, 1.82) is 0 Å². The van der Waals surface area contributed by atoms with Crippen molar-refractivity contribution in [3.63, 3.8) is 0 Å². The fraction of sp³-hybridized carbons (Fsp3) is 0.455. The zero-order valence-electron chi connectivity index (χ0n) is 8.30. The zero-order chi connectivity index (χ0) is 9.40. The molecule has 2 N–H and O–H groups in total. The fourth-order valence-corrected chi connectivity index (χ4v) is 1.05. The molecule has 0 unspecified atom stereocenters. The largest absolute Gasteiger partial charge is 0.330 e. The number of hydrogen-bond acceptors (Lipinski definition) is 1. The first-order valence-corrected chi connectivity index (χ1v) is 4.59. The molecule has 0 spiro atoms. The molecule has 0 aliphatic carbocycles. The Morgan fingerprint density at radius 2 is 1.75 bits per heavy atom. The molecule has 0 aromatic heterocycles. The van der Waals surface area contributed by atoms with Crippen LogP contribution in [0.1, 0.15) is 25.0 Å². The molecule has 0 radical (unpaired) electrons. The van der Waals surface area contributed by atoms with Crippen LogP contribution in [0.4, 0.5) is 0 Å². The molecule has 1 aromatic rings. The quantitative estimate of drug-likeness (QED) is 0.716. The van der Waals surface area contributed by atoms with Crippen molar-refractivity contribution in [2.24, 2.45) is 5.73 Å². The molecule has 0 bridgehead atoms. The molecule has 0 atom stereocenters. The van der Waals surface area contributed by atoms with Crippen LogP contribution in [0.5, 0.6) is 0 Å². The van der Waals surface area contributed by atoms with Crippen LogP contribution in [-0.2, 0) is 6.42 Å². The van der Waals surface area contributed by atoms with Gasteiger partial charge in [-0.05, 0) is 31.0 Å². The lowest BCUT2D eigenvalue weighted by atomic mass is 10.1. The van der Waals surface area contributed by atoms with Gasteiger partial charge in [-0.1, -0.05) is 38.1 Å². The van der Waals surface area contributed by atoms with Crippen molar-refractivity contribution in [2.45, 2.75) is 27.2 Å². The predicted octanol–water partition coefficient (Wildman–Crippen LogP) is 2.52. The first-order chi connectivity index (χ1) is 5.84. The summed E-state index contributed by atoms with van der Waals surface area (Å²) in [5, 5.41) is 0. The van der Waals surface area contributed by atoms with Crippen LogP contribution in [0.2, 0.25) is 0 Å². The van der Waals surface area contributed by atoms with Crippen LogP contribution in [0.25, 0.3) is 0 Å². The molecular weight excluding hydrogens is 146 g/mol. The van der Waals surface area contributed by atoms with Crippen molar-refractivity contribution >= 4 is 0 Å². The average molecular weight is 165 g/mol. The van der Waals surface area contributed by atoms with Crippen molar-refractivity contribution < 1.29 is 0 Å². The van der Waals surface area contributed by atoms with E-state index in [-0.39, 0.29) is 0 Å². The summed E-state index contributed by atoms with van der Waals surface area (Å²) in [6, 6.07) is 8.35. The van der Waals surface area contributed by atoms with Gasteiger partial charge in [0.1, 0.15) is 0 Å². The molecule has 1 rings (SSSR count). The second-order valence-corrected chi connectivity index (χ2v) is 2.47. The second-order valence-electron chi connectivity index (χ2n) is 2.47. The normalized spacial score (nSPS) is 8.67. The molecule has 1 aromatic carbocycles. The van der Waals surface area contributed by atoms with Gasteiger partial charge in [0, 0.05) is 0 Å². The summed E-state index contributed by atoms with van der Waals surface area (Å²) in [5.41, 5.74) is 8.14. The Morgan fingerprint density at radius 3 is 2.25 bits per heavy atom. The van der Waals surface area contributed by atoms with Crippen LogP contribution in [0, 0.1) is 6.92 Å². The number of aryl methyl sites for hydroxylation is 1. The Bertz CT molecular complexity index is 206. The summed E-state index contributed by atoms with van der Waals surface area (Å²) in [4.78, 5) is 0. The van der Waals surface area contributed by atoms with E-state index < -0.39 is 0 Å². The monoisotopic (exact) mass is 165 g/mol. The molecule has 0 amide bonds. The SMILES string of the molecule is CC.Cc1ccccc1CCN. The maximum absolute atomic E-state index is 5.43. The summed E-state index contributed by atoms with van der Waals surface area (Å²) >= 11 is 0. The maximum atomic E-state index is 5.43.